The molecule has 2 unspecified atom stereocenters. The molecule has 21 heavy (non-hydrogen) atoms. The molecular formula is C16H17FINOS. The van der Waals surface area contributed by atoms with Crippen LogP contribution in [0.2, 0.25) is 0 Å². The third-order valence-electron chi connectivity index (χ3n) is 4.12. The fourth-order valence-corrected chi connectivity index (χ4v) is 5.11. The molecule has 1 aromatic carbocycles. The maximum atomic E-state index is 13.8. The number of rotatable bonds is 4. The number of carbonyl (C=O) groups is 1. The van der Waals surface area contributed by atoms with Gasteiger partial charge >= 0.3 is 0 Å². The number of halogens is 2. The zero-order valence-electron chi connectivity index (χ0n) is 11.8. The molecule has 2 nitrogen and oxygen atoms in total. The third-order valence-corrected chi connectivity index (χ3v) is 5.72. The lowest BCUT2D eigenvalue weighted by atomic mass is 9.78. The smallest absolute Gasteiger partial charge is 0.180 e. The molecule has 0 radical (unpaired) electrons. The summed E-state index contributed by atoms with van der Waals surface area (Å²) in [5, 5.41) is 4.15. The summed E-state index contributed by atoms with van der Waals surface area (Å²) in [6, 6.07) is 6.86. The van der Waals surface area contributed by atoms with E-state index in [-0.39, 0.29) is 17.0 Å². The van der Waals surface area contributed by atoms with Crippen LogP contribution >= 0.6 is 33.9 Å². The maximum Gasteiger partial charge on any atom is 0.180 e. The first-order valence-electron chi connectivity index (χ1n) is 7.09. The van der Waals surface area contributed by atoms with Crippen LogP contribution in [-0.4, -0.2) is 22.8 Å². The Kier molecular flexibility index (Phi) is 4.34. The summed E-state index contributed by atoms with van der Waals surface area (Å²) in [5.74, 6) is -0.0611. The van der Waals surface area contributed by atoms with Crippen LogP contribution in [0.3, 0.4) is 0 Å². The van der Waals surface area contributed by atoms with Crippen molar-refractivity contribution in [2.24, 2.45) is 5.41 Å². The zero-order chi connectivity index (χ0) is 15.0. The van der Waals surface area contributed by atoms with E-state index in [0.29, 0.717) is 13.5 Å². The number of Topliss-reactive ketones (excluding diaryl/α,β-unsaturated/α-hetero) is 1. The van der Waals surface area contributed by atoms with Gasteiger partial charge in [-0.2, -0.15) is 0 Å². The highest BCUT2D eigenvalue weighted by atomic mass is 127. The van der Waals surface area contributed by atoms with Gasteiger partial charge in [0.1, 0.15) is 5.82 Å². The van der Waals surface area contributed by atoms with E-state index in [1.54, 1.807) is 6.07 Å². The minimum absolute atomic E-state index is 0.177. The minimum Gasteiger partial charge on any atom is -0.316 e. The Labute approximate surface area is 141 Å². The van der Waals surface area contributed by atoms with Gasteiger partial charge in [0.05, 0.1) is 9.58 Å². The second kappa shape index (κ2) is 5.93. The van der Waals surface area contributed by atoms with Crippen LogP contribution in [0.1, 0.15) is 29.4 Å². The Morgan fingerprint density at radius 3 is 3.00 bits per heavy atom. The van der Waals surface area contributed by atoms with Gasteiger partial charge in [0.2, 0.25) is 0 Å². The number of ketones is 1. The Hall–Kier alpha value is -0.530. The number of fused-ring (bicyclic) bond motifs is 1. The molecule has 2 atom stereocenters. The molecule has 0 aliphatic carbocycles. The highest BCUT2D eigenvalue weighted by Crippen LogP contribution is 2.39. The first-order chi connectivity index (χ1) is 10.0. The van der Waals surface area contributed by atoms with E-state index in [4.69, 9.17) is 0 Å². The van der Waals surface area contributed by atoms with Gasteiger partial charge in [-0.25, -0.2) is 4.39 Å². The van der Waals surface area contributed by atoms with Gasteiger partial charge in [0, 0.05) is 15.9 Å². The normalized spacial score (nSPS) is 23.6. The standard InChI is InChI=1S/C16H17FINOS/c1-10(18)8-16(5-6-19-9-16)15(20)13-7-11-3-2-4-12(17)14(11)21-13/h2-4,7,10,19H,5-6,8-9H2,1H3. The first-order valence-corrected chi connectivity index (χ1v) is 9.16. The summed E-state index contributed by atoms with van der Waals surface area (Å²) in [6.07, 6.45) is 1.74. The minimum atomic E-state index is -0.321. The lowest BCUT2D eigenvalue weighted by molar-refractivity contribution is 0.0810. The average Bonchev–Trinajstić information content (AvgIpc) is 3.05. The van der Waals surface area contributed by atoms with Crippen molar-refractivity contribution in [3.63, 3.8) is 0 Å². The fourth-order valence-electron chi connectivity index (χ4n) is 3.14. The van der Waals surface area contributed by atoms with Gasteiger partial charge in [-0.1, -0.05) is 41.6 Å². The van der Waals surface area contributed by atoms with Gasteiger partial charge in [-0.15, -0.1) is 11.3 Å². The molecule has 1 fully saturated rings. The molecular weight excluding hydrogens is 400 g/mol. The van der Waals surface area contributed by atoms with Crippen LogP contribution in [0.15, 0.2) is 24.3 Å². The molecule has 1 aromatic heterocycles. The fraction of sp³-hybridized carbons (Fsp3) is 0.438. The quantitative estimate of drug-likeness (QED) is 0.454. The molecule has 2 heterocycles. The van der Waals surface area contributed by atoms with Crippen LogP contribution in [0, 0.1) is 11.2 Å². The van der Waals surface area contributed by atoms with Crippen LogP contribution in [0.25, 0.3) is 10.1 Å². The molecule has 0 bridgehead atoms. The van der Waals surface area contributed by atoms with Crippen molar-refractivity contribution in [2.45, 2.75) is 23.7 Å². The van der Waals surface area contributed by atoms with E-state index < -0.39 is 0 Å². The zero-order valence-corrected chi connectivity index (χ0v) is 14.8. The molecule has 0 saturated carbocycles. The second-order valence-electron chi connectivity index (χ2n) is 5.79. The van der Waals surface area contributed by atoms with Crippen molar-refractivity contribution in [1.29, 1.82) is 0 Å². The lowest BCUT2D eigenvalue weighted by Crippen LogP contribution is -2.35. The second-order valence-corrected chi connectivity index (χ2v) is 8.97. The summed E-state index contributed by atoms with van der Waals surface area (Å²) in [5.41, 5.74) is -0.321. The highest BCUT2D eigenvalue weighted by Gasteiger charge is 2.42. The number of benzene rings is 1. The predicted molar refractivity (Wildman–Crippen MR) is 94.1 cm³/mol. The third kappa shape index (κ3) is 2.87. The van der Waals surface area contributed by atoms with Crippen molar-refractivity contribution in [3.8, 4) is 0 Å². The van der Waals surface area contributed by atoms with Gasteiger partial charge < -0.3 is 5.32 Å². The molecule has 5 heteroatoms. The van der Waals surface area contributed by atoms with E-state index in [9.17, 15) is 9.18 Å². The molecule has 1 aliphatic rings. The molecule has 0 spiro atoms. The predicted octanol–water partition coefficient (Wildman–Crippen LogP) is 4.42. The highest BCUT2D eigenvalue weighted by molar-refractivity contribution is 14.1. The van der Waals surface area contributed by atoms with Crippen LogP contribution in [0.5, 0.6) is 0 Å². The number of thiophene rings is 1. The van der Waals surface area contributed by atoms with Gasteiger partial charge in [0.15, 0.2) is 5.78 Å². The number of alkyl halides is 1. The Balaban J connectivity index is 2.00. The summed E-state index contributed by atoms with van der Waals surface area (Å²) in [4.78, 5) is 13.7. The largest absolute Gasteiger partial charge is 0.316 e. The number of hydrogen-bond donors (Lipinski definition) is 1. The molecule has 1 saturated heterocycles. The Bertz CT molecular complexity index is 676. The van der Waals surface area contributed by atoms with E-state index in [0.717, 1.165) is 31.3 Å². The Morgan fingerprint density at radius 1 is 1.57 bits per heavy atom. The van der Waals surface area contributed by atoms with E-state index in [1.807, 2.05) is 12.1 Å². The topological polar surface area (TPSA) is 29.1 Å². The molecule has 0 amide bonds. The summed E-state index contributed by atoms with van der Waals surface area (Å²) >= 11 is 3.67. The van der Waals surface area contributed by atoms with Gasteiger partial charge in [-0.05, 0) is 36.9 Å². The van der Waals surface area contributed by atoms with Crippen molar-refractivity contribution < 1.29 is 9.18 Å². The number of nitrogens with one attached hydrogen (secondary N) is 1. The summed E-state index contributed by atoms with van der Waals surface area (Å²) in [6.45, 7) is 3.75. The van der Waals surface area contributed by atoms with Gasteiger partial charge in [0.25, 0.3) is 0 Å². The number of carbonyl (C=O) groups excluding carboxylic acids is 1. The van der Waals surface area contributed by atoms with Crippen LogP contribution in [-0.2, 0) is 0 Å². The lowest BCUT2D eigenvalue weighted by Gasteiger charge is -2.27. The molecule has 1 aliphatic heterocycles. The SMILES string of the molecule is CC(I)CC1(C(=O)c2cc3cccc(F)c3s2)CCNC1. The van der Waals surface area contributed by atoms with Crippen molar-refractivity contribution in [3.05, 3.63) is 35.0 Å². The average molecular weight is 417 g/mol. The van der Waals surface area contributed by atoms with Crippen LogP contribution < -0.4 is 5.32 Å². The van der Waals surface area contributed by atoms with E-state index in [1.165, 1.54) is 17.4 Å². The number of hydrogen-bond acceptors (Lipinski definition) is 3. The molecule has 1 N–H and O–H groups in total. The molecule has 3 rings (SSSR count). The van der Waals surface area contributed by atoms with Crippen molar-refractivity contribution in [2.75, 3.05) is 13.1 Å². The Morgan fingerprint density at radius 2 is 2.38 bits per heavy atom. The molecule has 2 aromatic rings. The van der Waals surface area contributed by atoms with Gasteiger partial charge in [-0.3, -0.25) is 4.79 Å². The van der Waals surface area contributed by atoms with Crippen molar-refractivity contribution >= 4 is 49.8 Å². The molecule has 112 valence electrons. The maximum absolute atomic E-state index is 13.8. The van der Waals surface area contributed by atoms with E-state index >= 15 is 0 Å². The van der Waals surface area contributed by atoms with Crippen molar-refractivity contribution in [1.82, 2.24) is 5.32 Å². The van der Waals surface area contributed by atoms with E-state index in [2.05, 4.69) is 34.8 Å². The summed E-state index contributed by atoms with van der Waals surface area (Å²) in [7, 11) is 0. The monoisotopic (exact) mass is 417 g/mol. The summed E-state index contributed by atoms with van der Waals surface area (Å²) < 4.78 is 14.9. The van der Waals surface area contributed by atoms with Crippen LogP contribution in [0.4, 0.5) is 4.39 Å². The first kappa shape index (κ1) is 15.4.